The van der Waals surface area contributed by atoms with Crippen LogP contribution in [0.25, 0.3) is 10.9 Å². The van der Waals surface area contributed by atoms with E-state index in [-0.39, 0.29) is 28.8 Å². The molecule has 7 nitrogen and oxygen atoms in total. The van der Waals surface area contributed by atoms with Crippen LogP contribution >= 0.6 is 0 Å². The number of methoxy groups -OCH3 is 1. The number of ether oxygens (including phenoxy) is 1. The molecule has 0 unspecified atom stereocenters. The molecule has 0 atom stereocenters. The number of amides is 1. The highest BCUT2D eigenvalue weighted by Gasteiger charge is 2.33. The van der Waals surface area contributed by atoms with Crippen molar-refractivity contribution in [2.45, 2.75) is 37.9 Å². The molecule has 0 aliphatic heterocycles. The Balaban J connectivity index is 1.64. The number of aldehydes is 1. The van der Waals surface area contributed by atoms with Gasteiger partial charge in [-0.1, -0.05) is 6.07 Å². The molecule has 0 spiro atoms. The van der Waals surface area contributed by atoms with Crippen molar-refractivity contribution in [1.82, 2.24) is 14.8 Å². The van der Waals surface area contributed by atoms with Crippen molar-refractivity contribution >= 4 is 28.8 Å². The summed E-state index contributed by atoms with van der Waals surface area (Å²) < 4.78 is 60.5. The van der Waals surface area contributed by atoms with Gasteiger partial charge in [0.2, 0.25) is 5.95 Å². The first-order valence-electron chi connectivity index (χ1n) is 10.3. The zero-order valence-corrected chi connectivity index (χ0v) is 17.5. The number of nitrogens with one attached hydrogen (secondary N) is 1. The minimum atomic E-state index is -4.70. The van der Waals surface area contributed by atoms with E-state index in [2.05, 4.69) is 15.4 Å². The highest BCUT2D eigenvalue weighted by atomic mass is 19.4. The molecule has 1 aromatic carbocycles. The first-order valence-corrected chi connectivity index (χ1v) is 10.3. The van der Waals surface area contributed by atoms with E-state index in [0.29, 0.717) is 31.2 Å². The number of halogens is 4. The summed E-state index contributed by atoms with van der Waals surface area (Å²) in [5, 5.41) is 6.90. The Hall–Kier alpha value is -3.50. The molecule has 1 saturated carbocycles. The number of benzene rings is 1. The van der Waals surface area contributed by atoms with Gasteiger partial charge in [0.05, 0.1) is 29.7 Å². The van der Waals surface area contributed by atoms with E-state index in [1.165, 1.54) is 23.9 Å². The lowest BCUT2D eigenvalue weighted by Crippen LogP contribution is -2.20. The largest absolute Gasteiger partial charge is 0.494 e. The van der Waals surface area contributed by atoms with Crippen molar-refractivity contribution in [2.24, 2.45) is 5.92 Å². The number of pyridine rings is 1. The Morgan fingerprint density at radius 3 is 2.58 bits per heavy atom. The fraction of sp³-hybridized carbons (Fsp3) is 0.364. The summed E-state index contributed by atoms with van der Waals surface area (Å²) in [5.41, 5.74) is -1.28. The van der Waals surface area contributed by atoms with Gasteiger partial charge in [-0.15, -0.1) is 0 Å². The van der Waals surface area contributed by atoms with Gasteiger partial charge in [-0.25, -0.2) is 9.67 Å². The van der Waals surface area contributed by atoms with Gasteiger partial charge in [0.25, 0.3) is 5.91 Å². The van der Waals surface area contributed by atoms with E-state index in [0.717, 1.165) is 24.5 Å². The summed E-state index contributed by atoms with van der Waals surface area (Å²) in [6.07, 6.45) is -1.26. The number of aromatic nitrogens is 3. The Labute approximate surface area is 185 Å². The molecule has 0 bridgehead atoms. The zero-order chi connectivity index (χ0) is 23.8. The van der Waals surface area contributed by atoms with E-state index in [1.54, 1.807) is 0 Å². The second-order valence-electron chi connectivity index (χ2n) is 7.87. The van der Waals surface area contributed by atoms with Gasteiger partial charge in [0.1, 0.15) is 23.4 Å². The van der Waals surface area contributed by atoms with E-state index in [1.807, 2.05) is 0 Å². The lowest BCUT2D eigenvalue weighted by atomic mass is 9.87. The van der Waals surface area contributed by atoms with Gasteiger partial charge in [-0.3, -0.25) is 4.79 Å². The lowest BCUT2D eigenvalue weighted by Gasteiger charge is -2.25. The molecular formula is C22H20F4N4O3. The predicted octanol–water partition coefficient (Wildman–Crippen LogP) is 4.78. The number of hydrogen-bond acceptors (Lipinski definition) is 5. The summed E-state index contributed by atoms with van der Waals surface area (Å²) >= 11 is 0. The Morgan fingerprint density at radius 2 is 1.94 bits per heavy atom. The normalized spacial score (nSPS) is 18.8. The van der Waals surface area contributed by atoms with Gasteiger partial charge in [-0.05, 0) is 43.9 Å². The van der Waals surface area contributed by atoms with Crippen LogP contribution in [-0.2, 0) is 11.0 Å². The number of nitrogens with zero attached hydrogens (tertiary/aromatic N) is 3. The quantitative estimate of drug-likeness (QED) is 0.434. The van der Waals surface area contributed by atoms with E-state index < -0.39 is 29.4 Å². The predicted molar refractivity (Wildman–Crippen MR) is 110 cm³/mol. The van der Waals surface area contributed by atoms with E-state index in [9.17, 15) is 22.8 Å². The van der Waals surface area contributed by atoms with Crippen LogP contribution in [-0.4, -0.2) is 34.1 Å². The van der Waals surface area contributed by atoms with Crippen molar-refractivity contribution < 1.29 is 31.9 Å². The van der Waals surface area contributed by atoms with Crippen LogP contribution in [0.15, 0.2) is 30.3 Å². The van der Waals surface area contributed by atoms with Gasteiger partial charge >= 0.3 is 6.18 Å². The maximum absolute atomic E-state index is 15.2. The molecule has 1 N–H and O–H groups in total. The topological polar surface area (TPSA) is 86.1 Å². The maximum Gasteiger partial charge on any atom is 0.433 e. The molecule has 2 heterocycles. The molecule has 3 aromatic rings. The second-order valence-corrected chi connectivity index (χ2v) is 7.87. The standard InChI is InChI=1S/C22H20F4N4O3/c1-33-18-10-16-14(20(23)30(29-16)13-7-5-12(11-31)6-8-13)9-17(18)28-21(32)15-3-2-4-19(27-15)22(24,25)26/h2-4,9-13H,5-8H2,1H3,(H,28,32). The average molecular weight is 464 g/mol. The third kappa shape index (κ3) is 4.53. The van der Waals surface area contributed by atoms with Crippen molar-refractivity contribution in [1.29, 1.82) is 0 Å². The average Bonchev–Trinajstić information content (AvgIpc) is 3.13. The lowest BCUT2D eigenvalue weighted by molar-refractivity contribution is -0.141. The molecule has 1 amide bonds. The number of carbonyl (C=O) groups is 2. The van der Waals surface area contributed by atoms with Gasteiger partial charge in [0, 0.05) is 12.0 Å². The summed E-state index contributed by atoms with van der Waals surface area (Å²) in [4.78, 5) is 26.9. The van der Waals surface area contributed by atoms with Gasteiger partial charge in [-0.2, -0.15) is 22.7 Å². The van der Waals surface area contributed by atoms with Crippen LogP contribution in [0.1, 0.15) is 47.9 Å². The van der Waals surface area contributed by atoms with Crippen LogP contribution in [0.2, 0.25) is 0 Å². The highest BCUT2D eigenvalue weighted by molar-refractivity contribution is 6.05. The van der Waals surface area contributed by atoms with Crippen LogP contribution < -0.4 is 10.1 Å². The Kier molecular flexibility index (Phi) is 6.05. The molecule has 2 aromatic heterocycles. The van der Waals surface area contributed by atoms with Crippen molar-refractivity contribution in [2.75, 3.05) is 12.4 Å². The Bertz CT molecular complexity index is 1200. The van der Waals surface area contributed by atoms with Crippen molar-refractivity contribution in [3.8, 4) is 5.75 Å². The number of hydrogen-bond donors (Lipinski definition) is 1. The fourth-order valence-corrected chi connectivity index (χ4v) is 4.00. The Morgan fingerprint density at radius 1 is 1.21 bits per heavy atom. The van der Waals surface area contributed by atoms with Gasteiger partial charge < -0.3 is 14.8 Å². The summed E-state index contributed by atoms with van der Waals surface area (Å²) in [7, 11) is 1.34. The third-order valence-electron chi connectivity index (χ3n) is 5.76. The van der Waals surface area contributed by atoms with E-state index >= 15 is 4.39 Å². The minimum Gasteiger partial charge on any atom is -0.494 e. The monoisotopic (exact) mass is 464 g/mol. The molecule has 33 heavy (non-hydrogen) atoms. The van der Waals surface area contributed by atoms with Crippen molar-refractivity contribution in [3.63, 3.8) is 0 Å². The SMILES string of the molecule is COc1cc2nn(C3CCC(C=O)CC3)c(F)c2cc1NC(=O)c1cccc(C(F)(F)F)n1. The first-order chi connectivity index (χ1) is 15.7. The number of anilines is 1. The molecule has 1 aliphatic carbocycles. The van der Waals surface area contributed by atoms with Crippen molar-refractivity contribution in [3.05, 3.63) is 47.7 Å². The number of rotatable bonds is 5. The second kappa shape index (κ2) is 8.80. The van der Waals surface area contributed by atoms with Crippen LogP contribution in [0.4, 0.5) is 23.2 Å². The molecule has 1 aliphatic rings. The molecule has 1 fully saturated rings. The molecule has 0 radical (unpaired) electrons. The summed E-state index contributed by atoms with van der Waals surface area (Å²) in [6.45, 7) is 0. The summed E-state index contributed by atoms with van der Waals surface area (Å²) in [6, 6.07) is 5.55. The maximum atomic E-state index is 15.2. The number of fused-ring (bicyclic) bond motifs is 1. The highest BCUT2D eigenvalue weighted by Crippen LogP contribution is 2.36. The minimum absolute atomic E-state index is 0.0272. The first kappa shape index (κ1) is 22.7. The van der Waals surface area contributed by atoms with Crippen LogP contribution in [0.5, 0.6) is 5.75 Å². The third-order valence-corrected chi connectivity index (χ3v) is 5.76. The number of carbonyl (C=O) groups excluding carboxylic acids is 2. The molecule has 0 saturated heterocycles. The molecular weight excluding hydrogens is 444 g/mol. The molecule has 174 valence electrons. The molecule has 4 rings (SSSR count). The van der Waals surface area contributed by atoms with Crippen LogP contribution in [0, 0.1) is 11.9 Å². The fourth-order valence-electron chi connectivity index (χ4n) is 4.00. The zero-order valence-electron chi connectivity index (χ0n) is 17.5. The smallest absolute Gasteiger partial charge is 0.433 e. The summed E-state index contributed by atoms with van der Waals surface area (Å²) in [5.74, 6) is -1.37. The van der Waals surface area contributed by atoms with Crippen LogP contribution in [0.3, 0.4) is 0 Å². The number of alkyl halides is 3. The molecule has 11 heteroatoms. The van der Waals surface area contributed by atoms with Gasteiger partial charge in [0.15, 0.2) is 0 Å². The van der Waals surface area contributed by atoms with E-state index in [4.69, 9.17) is 4.74 Å².